The Morgan fingerprint density at radius 1 is 1.30 bits per heavy atom. The van der Waals surface area contributed by atoms with Crippen molar-refractivity contribution in [1.29, 1.82) is 0 Å². The van der Waals surface area contributed by atoms with Gasteiger partial charge in [-0.25, -0.2) is 4.79 Å². The van der Waals surface area contributed by atoms with Crippen molar-refractivity contribution in [3.63, 3.8) is 0 Å². The quantitative estimate of drug-likeness (QED) is 0.943. The number of carboxylic acid groups (broad SMARTS) is 1. The van der Waals surface area contributed by atoms with E-state index in [1.165, 1.54) is 24.8 Å². The van der Waals surface area contributed by atoms with Crippen LogP contribution in [0.1, 0.15) is 10.4 Å². The number of hydrogen-bond acceptors (Lipinski definition) is 3. The van der Waals surface area contributed by atoms with Gasteiger partial charge in [0, 0.05) is 17.6 Å². The number of pyridine rings is 1. The molecule has 0 amide bonds. The molecular weight excluding hydrogens is 282 g/mol. The summed E-state index contributed by atoms with van der Waals surface area (Å²) in [4.78, 5) is 22.9. The van der Waals surface area contributed by atoms with E-state index in [2.05, 4.69) is 0 Å². The van der Waals surface area contributed by atoms with E-state index in [-0.39, 0.29) is 5.56 Å². The normalized spacial score (nSPS) is 10.3. The molecule has 2 aromatic rings. The summed E-state index contributed by atoms with van der Waals surface area (Å²) in [5.74, 6) is -0.706. The lowest BCUT2D eigenvalue weighted by Gasteiger charge is -2.13. The molecule has 1 N–H and O–H groups in total. The van der Waals surface area contributed by atoms with Crippen LogP contribution in [0.3, 0.4) is 0 Å². The average molecular weight is 294 g/mol. The molecule has 1 aromatic heterocycles. The molecule has 0 aliphatic heterocycles. The van der Waals surface area contributed by atoms with Crippen molar-refractivity contribution in [2.24, 2.45) is 7.05 Å². The zero-order valence-electron chi connectivity index (χ0n) is 10.9. The smallest absolute Gasteiger partial charge is 0.341 e. The van der Waals surface area contributed by atoms with Crippen molar-refractivity contribution in [1.82, 2.24) is 4.57 Å². The molecule has 0 fully saturated rings. The number of carbonyl (C=O) groups is 1. The van der Waals surface area contributed by atoms with Crippen LogP contribution >= 0.6 is 11.6 Å². The van der Waals surface area contributed by atoms with Crippen LogP contribution in [0.5, 0.6) is 5.75 Å². The second-order valence-corrected chi connectivity index (χ2v) is 4.58. The van der Waals surface area contributed by atoms with Crippen LogP contribution in [0.15, 0.2) is 35.1 Å². The summed E-state index contributed by atoms with van der Waals surface area (Å²) >= 11 is 5.96. The van der Waals surface area contributed by atoms with E-state index < -0.39 is 11.5 Å². The zero-order chi connectivity index (χ0) is 14.9. The lowest BCUT2D eigenvalue weighted by molar-refractivity contribution is 0.0694. The maximum Gasteiger partial charge on any atom is 0.341 e. The van der Waals surface area contributed by atoms with Crippen LogP contribution < -0.4 is 10.3 Å². The van der Waals surface area contributed by atoms with Crippen LogP contribution in [0.2, 0.25) is 5.02 Å². The Balaban J connectivity index is 2.72. The van der Waals surface area contributed by atoms with E-state index in [1.807, 2.05) is 0 Å². The number of benzene rings is 1. The Kier molecular flexibility index (Phi) is 3.81. The highest BCUT2D eigenvalue weighted by Gasteiger charge is 2.15. The molecule has 0 saturated heterocycles. The van der Waals surface area contributed by atoms with E-state index >= 15 is 0 Å². The fraction of sp³-hybridized carbons (Fsp3) is 0.143. The van der Waals surface area contributed by atoms with Crippen molar-refractivity contribution >= 4 is 17.6 Å². The molecule has 0 unspecified atom stereocenters. The molecule has 0 aliphatic carbocycles. The molecule has 0 bridgehead atoms. The largest absolute Gasteiger partial charge is 0.496 e. The highest BCUT2D eigenvalue weighted by atomic mass is 35.5. The maximum atomic E-state index is 12.0. The molecule has 0 spiro atoms. The molecule has 20 heavy (non-hydrogen) atoms. The first-order valence-corrected chi connectivity index (χ1v) is 6.10. The molecule has 1 aromatic carbocycles. The van der Waals surface area contributed by atoms with Crippen LogP contribution in [-0.2, 0) is 7.05 Å². The number of aromatic carboxylic acids is 1. The number of carboxylic acids is 1. The summed E-state index contributed by atoms with van der Waals surface area (Å²) in [6.45, 7) is 0. The van der Waals surface area contributed by atoms with Crippen molar-refractivity contribution < 1.29 is 14.6 Å². The van der Waals surface area contributed by atoms with Gasteiger partial charge in [0.05, 0.1) is 12.8 Å². The summed E-state index contributed by atoms with van der Waals surface area (Å²) in [7, 11) is 3.01. The Morgan fingerprint density at radius 2 is 2.00 bits per heavy atom. The number of rotatable bonds is 3. The van der Waals surface area contributed by atoms with Crippen LogP contribution in [-0.4, -0.2) is 22.8 Å². The van der Waals surface area contributed by atoms with Crippen molar-refractivity contribution in [2.75, 3.05) is 7.11 Å². The monoisotopic (exact) mass is 293 g/mol. The average Bonchev–Trinajstić information content (AvgIpc) is 2.41. The number of aromatic nitrogens is 1. The van der Waals surface area contributed by atoms with Gasteiger partial charge >= 0.3 is 5.97 Å². The van der Waals surface area contributed by atoms with Gasteiger partial charge in [-0.1, -0.05) is 11.6 Å². The van der Waals surface area contributed by atoms with Crippen molar-refractivity contribution in [2.45, 2.75) is 0 Å². The first-order chi connectivity index (χ1) is 9.45. The van der Waals surface area contributed by atoms with Crippen LogP contribution in [0.25, 0.3) is 11.3 Å². The Bertz CT molecular complexity index is 736. The van der Waals surface area contributed by atoms with E-state index in [1.54, 1.807) is 24.3 Å². The number of halogens is 1. The van der Waals surface area contributed by atoms with Crippen molar-refractivity contribution in [3.8, 4) is 17.0 Å². The standard InChI is InChI=1S/C14H12ClNO4/c1-16-11(5-4-9(13(16)17)14(18)19)10-7-8(15)3-6-12(10)20-2/h3-7H,1-2H3,(H,18,19). The third-order valence-electron chi connectivity index (χ3n) is 2.97. The summed E-state index contributed by atoms with van der Waals surface area (Å²) in [6, 6.07) is 7.86. The van der Waals surface area contributed by atoms with E-state index in [4.69, 9.17) is 21.4 Å². The van der Waals surface area contributed by atoms with Crippen LogP contribution in [0, 0.1) is 0 Å². The highest BCUT2D eigenvalue weighted by molar-refractivity contribution is 6.31. The number of hydrogen-bond donors (Lipinski definition) is 1. The van der Waals surface area contributed by atoms with Gasteiger partial charge in [0.2, 0.25) is 0 Å². The third kappa shape index (κ3) is 2.40. The molecule has 104 valence electrons. The Labute approximate surface area is 120 Å². The summed E-state index contributed by atoms with van der Waals surface area (Å²) in [5.41, 5.74) is 0.283. The number of methoxy groups -OCH3 is 1. The lowest BCUT2D eigenvalue weighted by Crippen LogP contribution is -2.25. The molecule has 5 nitrogen and oxygen atoms in total. The molecule has 2 rings (SSSR count). The minimum atomic E-state index is -1.25. The predicted molar refractivity (Wildman–Crippen MR) is 75.6 cm³/mol. The van der Waals surface area contributed by atoms with E-state index in [0.29, 0.717) is 22.0 Å². The predicted octanol–water partition coefficient (Wildman–Crippen LogP) is 2.41. The second-order valence-electron chi connectivity index (χ2n) is 4.15. The first-order valence-electron chi connectivity index (χ1n) is 5.73. The Morgan fingerprint density at radius 3 is 2.60 bits per heavy atom. The zero-order valence-corrected chi connectivity index (χ0v) is 11.6. The summed E-state index contributed by atoms with van der Waals surface area (Å²) in [5, 5.41) is 9.43. The molecule has 0 radical (unpaired) electrons. The summed E-state index contributed by atoms with van der Waals surface area (Å²) < 4.78 is 6.50. The van der Waals surface area contributed by atoms with Gasteiger partial charge in [0.25, 0.3) is 5.56 Å². The number of ether oxygens (including phenoxy) is 1. The first kappa shape index (κ1) is 14.1. The molecule has 0 saturated carbocycles. The number of nitrogens with zero attached hydrogens (tertiary/aromatic N) is 1. The van der Waals surface area contributed by atoms with Gasteiger partial charge in [0.15, 0.2) is 0 Å². The van der Waals surface area contributed by atoms with Gasteiger partial charge < -0.3 is 14.4 Å². The van der Waals surface area contributed by atoms with Gasteiger partial charge in [0.1, 0.15) is 11.3 Å². The van der Waals surface area contributed by atoms with E-state index in [0.717, 1.165) is 0 Å². The topological polar surface area (TPSA) is 68.5 Å². The molecule has 6 heteroatoms. The molecule has 0 aliphatic rings. The molecular formula is C14H12ClNO4. The highest BCUT2D eigenvalue weighted by Crippen LogP contribution is 2.31. The van der Waals surface area contributed by atoms with Crippen molar-refractivity contribution in [3.05, 3.63) is 51.3 Å². The summed E-state index contributed by atoms with van der Waals surface area (Å²) in [6.07, 6.45) is 0. The molecule has 0 atom stereocenters. The van der Waals surface area contributed by atoms with E-state index in [9.17, 15) is 9.59 Å². The van der Waals surface area contributed by atoms with Gasteiger partial charge in [-0.05, 0) is 30.3 Å². The minimum absolute atomic E-state index is 0.280. The maximum absolute atomic E-state index is 12.0. The fourth-order valence-electron chi connectivity index (χ4n) is 1.95. The third-order valence-corrected chi connectivity index (χ3v) is 3.21. The van der Waals surface area contributed by atoms with Crippen LogP contribution in [0.4, 0.5) is 0 Å². The lowest BCUT2D eigenvalue weighted by atomic mass is 10.1. The second kappa shape index (κ2) is 5.38. The minimum Gasteiger partial charge on any atom is -0.496 e. The Hall–Kier alpha value is -2.27. The van der Waals surface area contributed by atoms with Gasteiger partial charge in [-0.2, -0.15) is 0 Å². The van der Waals surface area contributed by atoms with Gasteiger partial charge in [-0.15, -0.1) is 0 Å². The fourth-order valence-corrected chi connectivity index (χ4v) is 2.12. The molecule has 1 heterocycles. The van der Waals surface area contributed by atoms with Gasteiger partial charge in [-0.3, -0.25) is 4.79 Å². The SMILES string of the molecule is COc1ccc(Cl)cc1-c1ccc(C(=O)O)c(=O)n1C.